The van der Waals surface area contributed by atoms with Crippen LogP contribution >= 0.6 is 35.3 Å². The number of carbonyl (C=O) groups is 1. The van der Waals surface area contributed by atoms with Gasteiger partial charge in [-0.1, -0.05) is 52.9 Å². The first-order valence-electron chi connectivity index (χ1n) is 9.27. The lowest BCUT2D eigenvalue weighted by Gasteiger charge is -2.07. The topological polar surface area (TPSA) is 79.8 Å². The SMILES string of the molecule is Cc1ccc(-n2c(=S)sc3c(=O)[nH]c(SCC(=O)NCc4ccc(F)cc4)nc32)cc1. The quantitative estimate of drug-likeness (QED) is 0.248. The number of hydrogen-bond acceptors (Lipinski definition) is 6. The minimum atomic E-state index is -0.324. The van der Waals surface area contributed by atoms with Crippen LogP contribution < -0.4 is 10.9 Å². The molecular formula is C21H17FN4O2S3. The number of amides is 1. The summed E-state index contributed by atoms with van der Waals surface area (Å²) in [5.41, 5.74) is 2.91. The summed E-state index contributed by atoms with van der Waals surface area (Å²) in [6.07, 6.45) is 0. The number of carbonyl (C=O) groups excluding carboxylic acids is 1. The molecule has 0 bridgehead atoms. The van der Waals surface area contributed by atoms with E-state index < -0.39 is 0 Å². The van der Waals surface area contributed by atoms with E-state index in [2.05, 4.69) is 15.3 Å². The summed E-state index contributed by atoms with van der Waals surface area (Å²) in [7, 11) is 0. The van der Waals surface area contributed by atoms with Gasteiger partial charge >= 0.3 is 0 Å². The van der Waals surface area contributed by atoms with Crippen LogP contribution in [0.15, 0.2) is 58.5 Å². The van der Waals surface area contributed by atoms with E-state index in [9.17, 15) is 14.0 Å². The molecule has 4 rings (SSSR count). The Morgan fingerprint density at radius 3 is 2.65 bits per heavy atom. The molecule has 0 saturated carbocycles. The van der Waals surface area contributed by atoms with Crippen LogP contribution in [0.5, 0.6) is 0 Å². The van der Waals surface area contributed by atoms with Gasteiger partial charge in [0, 0.05) is 12.2 Å². The van der Waals surface area contributed by atoms with E-state index >= 15 is 0 Å². The lowest BCUT2D eigenvalue weighted by molar-refractivity contribution is -0.118. The molecule has 2 aromatic heterocycles. The standard InChI is InChI=1S/C21H17FN4O2S3/c1-12-2-8-15(9-3-12)26-18-17(31-21(26)29)19(28)25-20(24-18)30-11-16(27)23-10-13-4-6-14(22)7-5-13/h2-9H,10-11H2,1H3,(H,23,27)(H,24,25,28). The van der Waals surface area contributed by atoms with Crippen molar-refractivity contribution in [3.8, 4) is 5.69 Å². The van der Waals surface area contributed by atoms with Crippen molar-refractivity contribution in [1.29, 1.82) is 0 Å². The van der Waals surface area contributed by atoms with Gasteiger partial charge in [0.15, 0.2) is 14.8 Å². The minimum Gasteiger partial charge on any atom is -0.351 e. The van der Waals surface area contributed by atoms with E-state index in [4.69, 9.17) is 12.2 Å². The van der Waals surface area contributed by atoms with Crippen LogP contribution in [0.3, 0.4) is 0 Å². The first kappa shape index (κ1) is 21.4. The summed E-state index contributed by atoms with van der Waals surface area (Å²) >= 11 is 7.79. The van der Waals surface area contributed by atoms with Gasteiger partial charge in [0.1, 0.15) is 10.5 Å². The predicted octanol–water partition coefficient (Wildman–Crippen LogP) is 4.36. The molecule has 0 aliphatic rings. The number of nitrogens with one attached hydrogen (secondary N) is 2. The van der Waals surface area contributed by atoms with Crippen molar-refractivity contribution in [2.45, 2.75) is 18.6 Å². The maximum atomic E-state index is 13.0. The Morgan fingerprint density at radius 2 is 1.94 bits per heavy atom. The molecule has 31 heavy (non-hydrogen) atoms. The van der Waals surface area contributed by atoms with Crippen LogP contribution in [0.25, 0.3) is 16.0 Å². The number of nitrogens with zero attached hydrogens (tertiary/aromatic N) is 2. The number of thiazole rings is 1. The first-order chi connectivity index (χ1) is 14.9. The van der Waals surface area contributed by atoms with Gasteiger partial charge in [0.05, 0.1) is 5.75 Å². The highest BCUT2D eigenvalue weighted by molar-refractivity contribution is 7.99. The highest BCUT2D eigenvalue weighted by atomic mass is 32.2. The highest BCUT2D eigenvalue weighted by Gasteiger charge is 2.14. The zero-order valence-electron chi connectivity index (χ0n) is 16.3. The van der Waals surface area contributed by atoms with E-state index in [1.165, 1.54) is 23.5 Å². The lowest BCUT2D eigenvalue weighted by Crippen LogP contribution is -2.24. The van der Waals surface area contributed by atoms with E-state index in [0.29, 0.717) is 26.0 Å². The van der Waals surface area contributed by atoms with Crippen LogP contribution in [-0.2, 0) is 11.3 Å². The van der Waals surface area contributed by atoms with Gasteiger partial charge in [-0.25, -0.2) is 9.37 Å². The summed E-state index contributed by atoms with van der Waals surface area (Å²) in [6.45, 7) is 2.29. The number of aryl methyl sites for hydroxylation is 1. The number of benzene rings is 2. The van der Waals surface area contributed by atoms with Crippen LogP contribution in [-0.4, -0.2) is 26.2 Å². The van der Waals surface area contributed by atoms with Gasteiger partial charge < -0.3 is 10.3 Å². The van der Waals surface area contributed by atoms with Gasteiger partial charge in [0.25, 0.3) is 5.56 Å². The van der Waals surface area contributed by atoms with Crippen LogP contribution in [0.4, 0.5) is 4.39 Å². The van der Waals surface area contributed by atoms with E-state index in [1.54, 1.807) is 16.7 Å². The molecule has 10 heteroatoms. The van der Waals surface area contributed by atoms with Crippen LogP contribution in [0.2, 0.25) is 0 Å². The fraction of sp³-hybridized carbons (Fsp3) is 0.143. The Morgan fingerprint density at radius 1 is 1.23 bits per heavy atom. The average molecular weight is 473 g/mol. The van der Waals surface area contributed by atoms with Crippen molar-refractivity contribution >= 4 is 51.6 Å². The normalized spacial score (nSPS) is 11.0. The summed E-state index contributed by atoms with van der Waals surface area (Å²) in [6, 6.07) is 13.7. The number of aromatic amines is 1. The number of H-pyrrole nitrogens is 1. The monoisotopic (exact) mass is 472 g/mol. The molecule has 2 heterocycles. The molecule has 0 radical (unpaired) electrons. The van der Waals surface area contributed by atoms with Crippen molar-refractivity contribution in [3.05, 3.63) is 79.8 Å². The lowest BCUT2D eigenvalue weighted by atomic mass is 10.2. The van der Waals surface area contributed by atoms with Gasteiger partial charge in [-0.2, -0.15) is 0 Å². The summed E-state index contributed by atoms with van der Waals surface area (Å²) in [4.78, 5) is 32.0. The van der Waals surface area contributed by atoms with Gasteiger partial charge in [-0.3, -0.25) is 14.2 Å². The number of rotatable bonds is 6. The number of hydrogen-bond donors (Lipinski definition) is 2. The van der Waals surface area contributed by atoms with Crippen molar-refractivity contribution in [2.24, 2.45) is 0 Å². The molecule has 158 valence electrons. The number of halogens is 1. The third kappa shape index (κ3) is 4.92. The highest BCUT2D eigenvalue weighted by Crippen LogP contribution is 2.24. The Bertz CT molecular complexity index is 1360. The zero-order chi connectivity index (χ0) is 22.0. The Kier molecular flexibility index (Phi) is 6.30. The minimum absolute atomic E-state index is 0.0744. The Hall–Kier alpha value is -2.82. The molecule has 0 atom stereocenters. The van der Waals surface area contributed by atoms with Gasteiger partial charge in [-0.05, 0) is 49.0 Å². The van der Waals surface area contributed by atoms with Gasteiger partial charge in [-0.15, -0.1) is 0 Å². The third-order valence-electron chi connectivity index (χ3n) is 4.46. The molecule has 0 saturated heterocycles. The average Bonchev–Trinajstić information content (AvgIpc) is 3.09. The number of thioether (sulfide) groups is 1. The number of fused-ring (bicyclic) bond motifs is 1. The number of aromatic nitrogens is 3. The van der Waals surface area contributed by atoms with Crippen LogP contribution in [0.1, 0.15) is 11.1 Å². The van der Waals surface area contributed by atoms with Crippen LogP contribution in [0, 0.1) is 16.7 Å². The molecule has 2 aromatic carbocycles. The molecule has 0 fully saturated rings. The summed E-state index contributed by atoms with van der Waals surface area (Å²) in [5, 5.41) is 3.10. The second kappa shape index (κ2) is 9.13. The second-order valence-corrected chi connectivity index (χ2v) is 9.36. The molecule has 4 aromatic rings. The fourth-order valence-electron chi connectivity index (χ4n) is 2.87. The molecular weight excluding hydrogens is 455 g/mol. The second-order valence-electron chi connectivity index (χ2n) is 6.75. The van der Waals surface area contributed by atoms with Crippen molar-refractivity contribution in [2.75, 3.05) is 5.75 Å². The summed E-state index contributed by atoms with van der Waals surface area (Å²) in [5.74, 6) is -0.474. The summed E-state index contributed by atoms with van der Waals surface area (Å²) < 4.78 is 15.7. The molecule has 0 unspecified atom stereocenters. The molecule has 0 spiro atoms. The largest absolute Gasteiger partial charge is 0.351 e. The van der Waals surface area contributed by atoms with E-state index in [0.717, 1.165) is 28.6 Å². The van der Waals surface area contributed by atoms with Gasteiger partial charge in [0.2, 0.25) is 5.91 Å². The Labute approximate surface area is 190 Å². The van der Waals surface area contributed by atoms with E-state index in [-0.39, 0.29) is 23.0 Å². The molecule has 6 nitrogen and oxygen atoms in total. The first-order valence-corrected chi connectivity index (χ1v) is 11.5. The maximum Gasteiger partial charge on any atom is 0.271 e. The molecule has 2 N–H and O–H groups in total. The van der Waals surface area contributed by atoms with E-state index in [1.807, 2.05) is 31.2 Å². The molecule has 0 aliphatic carbocycles. The predicted molar refractivity (Wildman–Crippen MR) is 124 cm³/mol. The van der Waals surface area contributed by atoms with Crippen molar-refractivity contribution < 1.29 is 9.18 Å². The maximum absolute atomic E-state index is 13.0. The molecule has 0 aliphatic heterocycles. The third-order valence-corrected chi connectivity index (χ3v) is 6.69. The van der Waals surface area contributed by atoms with Crippen molar-refractivity contribution in [3.63, 3.8) is 0 Å². The van der Waals surface area contributed by atoms with Crippen molar-refractivity contribution in [1.82, 2.24) is 19.9 Å². The fourth-order valence-corrected chi connectivity index (χ4v) is 4.83. The zero-order valence-corrected chi connectivity index (χ0v) is 18.8. The Balaban J connectivity index is 1.51. The smallest absolute Gasteiger partial charge is 0.271 e. The molecule has 1 amide bonds.